The maximum atomic E-state index is 5.50. The molecular formula is C46H26N4S. The molecule has 0 N–H and O–H groups in total. The third-order valence-electron chi connectivity index (χ3n) is 10.4. The van der Waals surface area contributed by atoms with E-state index in [0.29, 0.717) is 12.4 Å². The number of benzene rings is 6. The van der Waals surface area contributed by atoms with E-state index >= 15 is 0 Å². The molecule has 9 aromatic rings. The van der Waals surface area contributed by atoms with Gasteiger partial charge in [-0.05, 0) is 68.1 Å². The topological polar surface area (TPSA) is 43.6 Å². The third kappa shape index (κ3) is 3.97. The lowest BCUT2D eigenvalue weighted by atomic mass is 9.94. The molecule has 0 fully saturated rings. The Hall–Kier alpha value is -6.48. The van der Waals surface area contributed by atoms with Gasteiger partial charge in [0.2, 0.25) is 5.95 Å². The molecule has 0 saturated heterocycles. The van der Waals surface area contributed by atoms with Crippen LogP contribution in [0.4, 0.5) is 0 Å². The molecule has 5 heteroatoms. The number of allylic oxidation sites excluding steroid dienone is 4. The zero-order valence-corrected chi connectivity index (χ0v) is 28.1. The first kappa shape index (κ1) is 28.4. The molecule has 0 bridgehead atoms. The largest absolute Gasteiger partial charge is 0.260 e. The highest BCUT2D eigenvalue weighted by atomic mass is 32.1. The molecule has 0 unspecified atom stereocenters. The average Bonchev–Trinajstić information content (AvgIpc) is 3.56. The van der Waals surface area contributed by atoms with Crippen LogP contribution in [0.1, 0.15) is 12.0 Å². The lowest BCUT2D eigenvalue weighted by molar-refractivity contribution is 0.990. The molecular weight excluding hydrogens is 641 g/mol. The van der Waals surface area contributed by atoms with Crippen LogP contribution in [0.25, 0.3) is 99.4 Å². The second-order valence-electron chi connectivity index (χ2n) is 13.0. The SMILES string of the molecule is Sc1c(C2=CC=CCC#C2)c2ccccc2c2c3cccnc3n(-c3nc(-c4ccc5c6c(cccc46)-c4ccccc4-5)c4ccccc4n3)c12. The van der Waals surface area contributed by atoms with Crippen molar-refractivity contribution in [3.63, 3.8) is 0 Å². The van der Waals surface area contributed by atoms with Gasteiger partial charge < -0.3 is 0 Å². The zero-order chi connectivity index (χ0) is 33.6. The van der Waals surface area contributed by atoms with Gasteiger partial charge in [0, 0.05) is 50.4 Å². The number of nitrogens with zero attached hydrogens (tertiary/aromatic N) is 4. The fourth-order valence-electron chi connectivity index (χ4n) is 8.25. The molecule has 6 aromatic carbocycles. The van der Waals surface area contributed by atoms with Crippen LogP contribution in [-0.4, -0.2) is 19.5 Å². The number of thiol groups is 1. The summed E-state index contributed by atoms with van der Waals surface area (Å²) in [4.78, 5) is 16.6. The first-order valence-electron chi connectivity index (χ1n) is 17.1. The fourth-order valence-corrected chi connectivity index (χ4v) is 8.71. The van der Waals surface area contributed by atoms with Crippen molar-refractivity contribution in [2.45, 2.75) is 11.3 Å². The highest BCUT2D eigenvalue weighted by Gasteiger charge is 2.26. The summed E-state index contributed by atoms with van der Waals surface area (Å²) in [5.41, 5.74) is 11.5. The summed E-state index contributed by atoms with van der Waals surface area (Å²) < 4.78 is 2.11. The molecule has 236 valence electrons. The summed E-state index contributed by atoms with van der Waals surface area (Å²) >= 11 is 5.35. The summed E-state index contributed by atoms with van der Waals surface area (Å²) in [6.07, 6.45) is 8.80. The van der Waals surface area contributed by atoms with Gasteiger partial charge in [0.25, 0.3) is 0 Å². The van der Waals surface area contributed by atoms with Crippen molar-refractivity contribution in [1.82, 2.24) is 19.5 Å². The Morgan fingerprint density at radius 1 is 0.608 bits per heavy atom. The quantitative estimate of drug-likeness (QED) is 0.151. The van der Waals surface area contributed by atoms with Crippen molar-refractivity contribution in [2.24, 2.45) is 0 Å². The van der Waals surface area contributed by atoms with E-state index in [2.05, 4.69) is 138 Å². The zero-order valence-electron chi connectivity index (χ0n) is 27.2. The minimum Gasteiger partial charge on any atom is -0.260 e. The predicted octanol–water partition coefficient (Wildman–Crippen LogP) is 11.4. The van der Waals surface area contributed by atoms with E-state index in [9.17, 15) is 0 Å². The molecule has 0 aliphatic heterocycles. The highest BCUT2D eigenvalue weighted by Crippen LogP contribution is 2.50. The molecule has 2 aliphatic carbocycles. The maximum Gasteiger partial charge on any atom is 0.237 e. The molecule has 0 atom stereocenters. The molecule has 3 aromatic heterocycles. The Labute approximate surface area is 298 Å². The molecule has 0 saturated carbocycles. The van der Waals surface area contributed by atoms with Crippen LogP contribution in [0, 0.1) is 11.8 Å². The van der Waals surface area contributed by atoms with E-state index in [4.69, 9.17) is 27.6 Å². The van der Waals surface area contributed by atoms with Crippen molar-refractivity contribution >= 4 is 72.6 Å². The van der Waals surface area contributed by atoms with E-state index < -0.39 is 0 Å². The number of hydrogen-bond acceptors (Lipinski definition) is 4. The number of rotatable bonds is 3. The van der Waals surface area contributed by atoms with Crippen molar-refractivity contribution in [3.05, 3.63) is 145 Å². The van der Waals surface area contributed by atoms with Gasteiger partial charge >= 0.3 is 0 Å². The van der Waals surface area contributed by atoms with E-state index in [1.54, 1.807) is 0 Å². The lowest BCUT2D eigenvalue weighted by Crippen LogP contribution is -2.05. The number of fused-ring (bicyclic) bond motifs is 9. The number of para-hydroxylation sites is 1. The van der Waals surface area contributed by atoms with Gasteiger partial charge in [0.1, 0.15) is 5.65 Å². The summed E-state index contributed by atoms with van der Waals surface area (Å²) in [7, 11) is 0. The van der Waals surface area contributed by atoms with E-state index in [1.165, 1.54) is 33.0 Å². The van der Waals surface area contributed by atoms with Gasteiger partial charge in [0.15, 0.2) is 0 Å². The first-order valence-corrected chi connectivity index (χ1v) is 17.5. The number of hydrogen-bond donors (Lipinski definition) is 1. The van der Waals surface area contributed by atoms with Crippen molar-refractivity contribution < 1.29 is 0 Å². The molecule has 4 nitrogen and oxygen atoms in total. The molecule has 0 radical (unpaired) electrons. The molecule has 2 aliphatic rings. The lowest BCUT2D eigenvalue weighted by Gasteiger charge is -2.16. The van der Waals surface area contributed by atoms with Crippen molar-refractivity contribution in [2.75, 3.05) is 0 Å². The first-order chi connectivity index (χ1) is 25.3. The van der Waals surface area contributed by atoms with Gasteiger partial charge in [-0.1, -0.05) is 121 Å². The molecule has 51 heavy (non-hydrogen) atoms. The predicted molar refractivity (Wildman–Crippen MR) is 213 cm³/mol. The Bertz CT molecular complexity index is 3110. The Kier molecular flexibility index (Phi) is 5.98. The second kappa shape index (κ2) is 10.8. The van der Waals surface area contributed by atoms with Crippen molar-refractivity contribution in [1.29, 1.82) is 0 Å². The Balaban J connectivity index is 1.27. The van der Waals surface area contributed by atoms with Crippen LogP contribution in [0.2, 0.25) is 0 Å². The van der Waals surface area contributed by atoms with Crippen molar-refractivity contribution in [3.8, 4) is 51.3 Å². The fraction of sp³-hybridized carbons (Fsp3) is 0.0217. The Morgan fingerprint density at radius 2 is 1.31 bits per heavy atom. The third-order valence-corrected chi connectivity index (χ3v) is 10.8. The van der Waals surface area contributed by atoms with Gasteiger partial charge in [-0.2, -0.15) is 0 Å². The van der Waals surface area contributed by atoms with Crippen LogP contribution >= 0.6 is 12.6 Å². The van der Waals surface area contributed by atoms with Gasteiger partial charge in [-0.15, -0.1) is 12.6 Å². The summed E-state index contributed by atoms with van der Waals surface area (Å²) in [5, 5.41) is 7.73. The molecule has 0 amide bonds. The Morgan fingerprint density at radius 3 is 2.20 bits per heavy atom. The van der Waals surface area contributed by atoms with E-state index in [0.717, 1.165) is 70.9 Å². The summed E-state index contributed by atoms with van der Waals surface area (Å²) in [5.74, 6) is 7.28. The smallest absolute Gasteiger partial charge is 0.237 e. The number of pyridine rings is 1. The summed E-state index contributed by atoms with van der Waals surface area (Å²) in [6, 6.07) is 40.7. The molecule has 0 spiro atoms. The standard InChI is InChI=1S/C46H26N4S/c51-44-39(27-13-3-1-2-4-14-27)31-17-7-8-18-32(31)41-37-22-12-26-47-45(37)50(43(41)44)46-48-38-23-10-9-19-36(38)42(49-46)35-25-24-34-29-16-6-5-15-28(29)30-20-11-21-33(35)40(30)34/h1,3,5-13,15-26,51H,2H2. The molecule has 3 heterocycles. The second-order valence-corrected chi connectivity index (χ2v) is 13.5. The summed E-state index contributed by atoms with van der Waals surface area (Å²) in [6.45, 7) is 0. The number of aromatic nitrogens is 4. The van der Waals surface area contributed by atoms with E-state index in [-0.39, 0.29) is 0 Å². The minimum atomic E-state index is 0.547. The van der Waals surface area contributed by atoms with Crippen LogP contribution in [0.5, 0.6) is 0 Å². The van der Waals surface area contributed by atoms with E-state index in [1.807, 2.05) is 18.3 Å². The highest BCUT2D eigenvalue weighted by molar-refractivity contribution is 7.80. The molecule has 11 rings (SSSR count). The van der Waals surface area contributed by atoms with Crippen LogP contribution in [0.3, 0.4) is 0 Å². The van der Waals surface area contributed by atoms with Gasteiger partial charge in [-0.25, -0.2) is 15.0 Å². The maximum absolute atomic E-state index is 5.50. The average molecular weight is 667 g/mol. The van der Waals surface area contributed by atoms with Crippen LogP contribution < -0.4 is 0 Å². The van der Waals surface area contributed by atoms with Crippen LogP contribution in [0.15, 0.2) is 145 Å². The van der Waals surface area contributed by atoms with Gasteiger partial charge in [-0.3, -0.25) is 4.57 Å². The normalized spacial score (nSPS) is 13.2. The monoisotopic (exact) mass is 666 g/mol. The van der Waals surface area contributed by atoms with Crippen LogP contribution in [-0.2, 0) is 0 Å². The minimum absolute atomic E-state index is 0.547. The van der Waals surface area contributed by atoms with Gasteiger partial charge in [0.05, 0.1) is 16.7 Å².